The zero-order chi connectivity index (χ0) is 15.0. The van der Waals surface area contributed by atoms with E-state index in [0.717, 1.165) is 18.4 Å². The molecule has 1 fully saturated rings. The molecule has 1 N–H and O–H groups in total. The van der Waals surface area contributed by atoms with Crippen LogP contribution in [0.2, 0.25) is 0 Å². The molecular formula is C14H16N4O3. The highest BCUT2D eigenvalue weighted by Gasteiger charge is 2.29. The standard InChI is InChI=1S/C14H16N4O3/c1-8-5-10(15-12(19)6-8)14(20)18(2)7-11-16-13(21-17-11)9-3-4-9/h5-6,9H,3-4,7H2,1-2H3,(H,15,19). The van der Waals surface area contributed by atoms with Crippen molar-refractivity contribution < 1.29 is 9.32 Å². The van der Waals surface area contributed by atoms with Crippen molar-refractivity contribution in [1.82, 2.24) is 20.0 Å². The first-order valence-corrected chi connectivity index (χ1v) is 6.82. The molecule has 1 amide bonds. The molecule has 0 bridgehead atoms. The van der Waals surface area contributed by atoms with Crippen LogP contribution in [-0.4, -0.2) is 33.0 Å². The number of hydrogen-bond acceptors (Lipinski definition) is 5. The fraction of sp³-hybridized carbons (Fsp3) is 0.429. The molecule has 1 aliphatic rings. The number of nitrogens with one attached hydrogen (secondary N) is 1. The van der Waals surface area contributed by atoms with Crippen LogP contribution in [0.1, 0.15) is 46.5 Å². The molecule has 0 saturated heterocycles. The van der Waals surface area contributed by atoms with Gasteiger partial charge in [-0.25, -0.2) is 0 Å². The Bertz CT molecular complexity index is 730. The van der Waals surface area contributed by atoms with Gasteiger partial charge in [0.15, 0.2) is 5.82 Å². The third-order valence-corrected chi connectivity index (χ3v) is 3.35. The fourth-order valence-corrected chi connectivity index (χ4v) is 2.11. The molecule has 2 aromatic rings. The minimum atomic E-state index is -0.290. The Morgan fingerprint density at radius 1 is 1.48 bits per heavy atom. The first kappa shape index (κ1) is 13.5. The molecule has 1 saturated carbocycles. The van der Waals surface area contributed by atoms with Crippen LogP contribution in [0.3, 0.4) is 0 Å². The number of pyridine rings is 1. The Kier molecular flexibility index (Phi) is 3.32. The summed E-state index contributed by atoms with van der Waals surface area (Å²) in [6.45, 7) is 2.01. The summed E-state index contributed by atoms with van der Waals surface area (Å²) in [6, 6.07) is 3.09. The Labute approximate surface area is 121 Å². The molecule has 0 radical (unpaired) electrons. The summed E-state index contributed by atoms with van der Waals surface area (Å²) in [4.78, 5) is 32.0. The van der Waals surface area contributed by atoms with Gasteiger partial charge in [0, 0.05) is 19.0 Å². The molecule has 0 unspecified atom stereocenters. The van der Waals surface area contributed by atoms with Crippen molar-refractivity contribution >= 4 is 5.91 Å². The lowest BCUT2D eigenvalue weighted by Crippen LogP contribution is -2.29. The van der Waals surface area contributed by atoms with Crippen molar-refractivity contribution in [3.8, 4) is 0 Å². The van der Waals surface area contributed by atoms with Gasteiger partial charge in [0.2, 0.25) is 11.4 Å². The van der Waals surface area contributed by atoms with Crippen molar-refractivity contribution in [2.45, 2.75) is 32.2 Å². The van der Waals surface area contributed by atoms with E-state index in [4.69, 9.17) is 4.52 Å². The topological polar surface area (TPSA) is 92.1 Å². The monoisotopic (exact) mass is 288 g/mol. The number of aromatic amines is 1. The Hall–Kier alpha value is -2.44. The predicted octanol–water partition coefficient (Wildman–Crippen LogP) is 1.22. The van der Waals surface area contributed by atoms with E-state index < -0.39 is 0 Å². The van der Waals surface area contributed by atoms with E-state index >= 15 is 0 Å². The highest BCUT2D eigenvalue weighted by Crippen LogP contribution is 2.38. The van der Waals surface area contributed by atoms with Crippen molar-refractivity contribution in [2.24, 2.45) is 0 Å². The summed E-state index contributed by atoms with van der Waals surface area (Å²) in [5.74, 6) is 1.23. The van der Waals surface area contributed by atoms with Gasteiger partial charge in [0.1, 0.15) is 5.69 Å². The molecule has 0 aromatic carbocycles. The third-order valence-electron chi connectivity index (χ3n) is 3.35. The minimum Gasteiger partial charge on any atom is -0.339 e. The lowest BCUT2D eigenvalue weighted by Gasteiger charge is -2.14. The van der Waals surface area contributed by atoms with E-state index in [2.05, 4.69) is 15.1 Å². The second kappa shape index (κ2) is 5.16. The molecule has 2 aromatic heterocycles. The van der Waals surface area contributed by atoms with Crippen LogP contribution in [-0.2, 0) is 6.54 Å². The zero-order valence-corrected chi connectivity index (χ0v) is 11.9. The van der Waals surface area contributed by atoms with Gasteiger partial charge in [0.05, 0.1) is 6.54 Å². The first-order valence-electron chi connectivity index (χ1n) is 6.82. The maximum absolute atomic E-state index is 12.3. The molecule has 0 aliphatic heterocycles. The zero-order valence-electron chi connectivity index (χ0n) is 11.9. The fourth-order valence-electron chi connectivity index (χ4n) is 2.11. The molecule has 3 rings (SSSR count). The molecule has 0 atom stereocenters. The van der Waals surface area contributed by atoms with Gasteiger partial charge in [-0.2, -0.15) is 4.98 Å². The highest BCUT2D eigenvalue weighted by molar-refractivity contribution is 5.92. The normalized spacial score (nSPS) is 14.2. The summed E-state index contributed by atoms with van der Waals surface area (Å²) >= 11 is 0. The van der Waals surface area contributed by atoms with E-state index in [1.54, 1.807) is 20.0 Å². The SMILES string of the molecule is Cc1cc(C(=O)N(C)Cc2noc(C3CC3)n2)[nH]c(=O)c1. The van der Waals surface area contributed by atoms with Gasteiger partial charge in [-0.15, -0.1) is 0 Å². The number of carbonyl (C=O) groups excluding carboxylic acids is 1. The largest absolute Gasteiger partial charge is 0.339 e. The summed E-state index contributed by atoms with van der Waals surface area (Å²) in [7, 11) is 1.64. The average Bonchev–Trinajstić information content (AvgIpc) is 3.17. The maximum atomic E-state index is 12.3. The highest BCUT2D eigenvalue weighted by atomic mass is 16.5. The van der Waals surface area contributed by atoms with Crippen LogP contribution in [0.25, 0.3) is 0 Å². The lowest BCUT2D eigenvalue weighted by molar-refractivity contribution is 0.0774. The van der Waals surface area contributed by atoms with Crippen molar-refractivity contribution in [3.05, 3.63) is 45.5 Å². The van der Waals surface area contributed by atoms with E-state index in [0.29, 0.717) is 17.6 Å². The van der Waals surface area contributed by atoms with Gasteiger partial charge < -0.3 is 14.4 Å². The molecule has 110 valence electrons. The van der Waals surface area contributed by atoms with Crippen LogP contribution in [0.4, 0.5) is 0 Å². The van der Waals surface area contributed by atoms with Crippen molar-refractivity contribution in [1.29, 1.82) is 0 Å². The lowest BCUT2D eigenvalue weighted by atomic mass is 10.2. The number of hydrogen-bond donors (Lipinski definition) is 1. The smallest absolute Gasteiger partial charge is 0.270 e. The van der Waals surface area contributed by atoms with Gasteiger partial charge >= 0.3 is 0 Å². The Balaban J connectivity index is 1.72. The van der Waals surface area contributed by atoms with Crippen LogP contribution in [0, 0.1) is 6.92 Å². The number of aryl methyl sites for hydroxylation is 1. The van der Waals surface area contributed by atoms with Crippen LogP contribution >= 0.6 is 0 Å². The molecule has 21 heavy (non-hydrogen) atoms. The number of aromatic nitrogens is 3. The van der Waals surface area contributed by atoms with Gasteiger partial charge in [-0.05, 0) is 31.4 Å². The van der Waals surface area contributed by atoms with E-state index in [9.17, 15) is 9.59 Å². The van der Waals surface area contributed by atoms with Gasteiger partial charge in [-0.1, -0.05) is 5.16 Å². The third kappa shape index (κ3) is 3.01. The second-order valence-electron chi connectivity index (χ2n) is 5.42. The second-order valence-corrected chi connectivity index (χ2v) is 5.42. The van der Waals surface area contributed by atoms with Crippen molar-refractivity contribution in [2.75, 3.05) is 7.05 Å². The van der Waals surface area contributed by atoms with Crippen LogP contribution in [0.5, 0.6) is 0 Å². The van der Waals surface area contributed by atoms with Crippen LogP contribution < -0.4 is 5.56 Å². The summed E-state index contributed by atoms with van der Waals surface area (Å²) in [5, 5.41) is 3.88. The number of rotatable bonds is 4. The number of H-pyrrole nitrogens is 1. The Morgan fingerprint density at radius 3 is 2.90 bits per heavy atom. The molecular weight excluding hydrogens is 272 g/mol. The van der Waals surface area contributed by atoms with Gasteiger partial charge in [0.25, 0.3) is 5.91 Å². The quantitative estimate of drug-likeness (QED) is 0.913. The number of carbonyl (C=O) groups is 1. The summed E-state index contributed by atoms with van der Waals surface area (Å²) < 4.78 is 5.16. The maximum Gasteiger partial charge on any atom is 0.270 e. The van der Waals surface area contributed by atoms with Crippen LogP contribution in [0.15, 0.2) is 21.5 Å². The molecule has 1 aliphatic carbocycles. The first-order chi connectivity index (χ1) is 10.0. The predicted molar refractivity (Wildman–Crippen MR) is 73.9 cm³/mol. The Morgan fingerprint density at radius 2 is 2.24 bits per heavy atom. The minimum absolute atomic E-state index is 0.241. The number of amides is 1. The van der Waals surface area contributed by atoms with Gasteiger partial charge in [-0.3, -0.25) is 9.59 Å². The molecule has 7 nitrogen and oxygen atoms in total. The molecule has 2 heterocycles. The number of nitrogens with zero attached hydrogens (tertiary/aromatic N) is 3. The van der Waals surface area contributed by atoms with E-state index in [1.807, 2.05) is 0 Å². The molecule has 7 heteroatoms. The van der Waals surface area contributed by atoms with E-state index in [-0.39, 0.29) is 23.7 Å². The summed E-state index contributed by atoms with van der Waals surface area (Å²) in [5.41, 5.74) is 0.710. The van der Waals surface area contributed by atoms with E-state index in [1.165, 1.54) is 11.0 Å². The van der Waals surface area contributed by atoms with Crippen molar-refractivity contribution in [3.63, 3.8) is 0 Å². The average molecular weight is 288 g/mol. The molecule has 0 spiro atoms. The summed E-state index contributed by atoms with van der Waals surface area (Å²) in [6.07, 6.45) is 2.17.